The van der Waals surface area contributed by atoms with E-state index >= 15 is 0 Å². The van der Waals surface area contributed by atoms with Crippen molar-refractivity contribution in [3.63, 3.8) is 0 Å². The highest BCUT2D eigenvalue weighted by molar-refractivity contribution is 5.93. The number of aromatic nitrogens is 1. The van der Waals surface area contributed by atoms with Crippen LogP contribution in [0.1, 0.15) is 106 Å². The number of methoxy groups -OCH3 is 1. The molecule has 0 spiro atoms. The number of ether oxygens (including phenoxy) is 2. The van der Waals surface area contributed by atoms with Gasteiger partial charge in [-0.05, 0) is 50.1 Å². The first-order valence-electron chi connectivity index (χ1n) is 16.1. The summed E-state index contributed by atoms with van der Waals surface area (Å²) in [6.45, 7) is 7.85. The lowest BCUT2D eigenvalue weighted by Gasteiger charge is -2.13. The van der Waals surface area contributed by atoms with E-state index in [1.807, 2.05) is 36.4 Å². The van der Waals surface area contributed by atoms with Crippen molar-refractivity contribution in [2.75, 3.05) is 19.0 Å². The van der Waals surface area contributed by atoms with E-state index in [2.05, 4.69) is 55.2 Å². The maximum absolute atomic E-state index is 13.0. The van der Waals surface area contributed by atoms with Crippen LogP contribution in [0.2, 0.25) is 0 Å². The van der Waals surface area contributed by atoms with Crippen molar-refractivity contribution in [1.82, 2.24) is 0 Å². The molecule has 1 N–H and O–H groups in total. The molecule has 2 aromatic carbocycles. The van der Waals surface area contributed by atoms with Gasteiger partial charge in [-0.3, -0.25) is 4.79 Å². The zero-order chi connectivity index (χ0) is 30.0. The Morgan fingerprint density at radius 3 is 2.02 bits per heavy atom. The van der Waals surface area contributed by atoms with Crippen molar-refractivity contribution in [3.8, 4) is 11.5 Å². The number of carbonyl (C=O) groups excluding carboxylic acids is 1. The Bertz CT molecular complexity index is 1200. The van der Waals surface area contributed by atoms with Gasteiger partial charge in [0, 0.05) is 16.7 Å². The molecule has 0 aliphatic rings. The number of unbranched alkanes of at least 4 members (excludes halogenated alkanes) is 11. The molecule has 0 saturated carbocycles. The molecule has 1 aromatic heterocycles. The molecule has 0 saturated heterocycles. The number of carbonyl (C=O) groups is 1. The molecule has 5 nitrogen and oxygen atoms in total. The Hall–Kier alpha value is -3.34. The normalized spacial score (nSPS) is 11.0. The molecule has 0 aliphatic carbocycles. The highest BCUT2D eigenvalue weighted by Gasteiger charge is 2.13. The molecule has 0 radical (unpaired) electrons. The Morgan fingerprint density at radius 1 is 0.762 bits per heavy atom. The second kappa shape index (κ2) is 19.0. The standard InChI is InChI=1S/C37H52N2O3/c1-5-6-7-8-9-10-11-12-13-14-15-18-23-42-35-22-21-32(25-36(35)41-4)26-37(40)38-34-20-17-16-19-33(34)29-39-27-30(2)24-31(3)28-39/h16-17,19-22,24-25,27-28H,5-15,18,23,26,29H2,1-4H3/p+1. The van der Waals surface area contributed by atoms with Gasteiger partial charge in [0.2, 0.25) is 5.91 Å². The molecule has 0 unspecified atom stereocenters. The van der Waals surface area contributed by atoms with Gasteiger partial charge in [0.15, 0.2) is 30.4 Å². The van der Waals surface area contributed by atoms with Crippen LogP contribution in [0.5, 0.6) is 11.5 Å². The first-order chi connectivity index (χ1) is 20.5. The van der Waals surface area contributed by atoms with E-state index in [1.165, 1.54) is 81.8 Å². The monoisotopic (exact) mass is 573 g/mol. The van der Waals surface area contributed by atoms with Crippen LogP contribution in [0.4, 0.5) is 5.69 Å². The summed E-state index contributed by atoms with van der Waals surface area (Å²) in [5.41, 5.74) is 5.23. The molecule has 3 rings (SSSR count). The van der Waals surface area contributed by atoms with E-state index < -0.39 is 0 Å². The number of nitrogens with zero attached hydrogens (tertiary/aromatic N) is 1. The maximum Gasteiger partial charge on any atom is 0.228 e. The zero-order valence-corrected chi connectivity index (χ0v) is 26.6. The van der Waals surface area contributed by atoms with E-state index in [-0.39, 0.29) is 12.3 Å². The fourth-order valence-electron chi connectivity index (χ4n) is 5.51. The number of hydrogen-bond acceptors (Lipinski definition) is 3. The quantitative estimate of drug-likeness (QED) is 0.108. The van der Waals surface area contributed by atoms with E-state index in [0.717, 1.165) is 29.0 Å². The van der Waals surface area contributed by atoms with Crippen molar-refractivity contribution >= 4 is 11.6 Å². The predicted molar refractivity (Wildman–Crippen MR) is 174 cm³/mol. The number of benzene rings is 2. The maximum atomic E-state index is 13.0. The molecule has 0 atom stereocenters. The largest absolute Gasteiger partial charge is 0.493 e. The van der Waals surface area contributed by atoms with Gasteiger partial charge in [-0.1, -0.05) is 102 Å². The fraction of sp³-hybridized carbons (Fsp3) is 0.514. The molecule has 3 aromatic rings. The van der Waals surface area contributed by atoms with Crippen molar-refractivity contribution in [2.45, 2.75) is 111 Å². The number of aryl methyl sites for hydroxylation is 2. The highest BCUT2D eigenvalue weighted by atomic mass is 16.5. The summed E-state index contributed by atoms with van der Waals surface area (Å²) in [5, 5.41) is 3.12. The number of pyridine rings is 1. The second-order valence-corrected chi connectivity index (χ2v) is 11.7. The average molecular weight is 574 g/mol. The number of anilines is 1. The van der Waals surface area contributed by atoms with Gasteiger partial charge in [0.25, 0.3) is 0 Å². The zero-order valence-electron chi connectivity index (χ0n) is 26.6. The highest BCUT2D eigenvalue weighted by Crippen LogP contribution is 2.29. The van der Waals surface area contributed by atoms with E-state index in [4.69, 9.17) is 9.47 Å². The lowest BCUT2D eigenvalue weighted by atomic mass is 10.1. The molecule has 0 aliphatic heterocycles. The van der Waals surface area contributed by atoms with Crippen LogP contribution in [-0.2, 0) is 17.8 Å². The Morgan fingerprint density at radius 2 is 1.38 bits per heavy atom. The fourth-order valence-corrected chi connectivity index (χ4v) is 5.51. The average Bonchev–Trinajstić information content (AvgIpc) is 2.96. The Kier molecular flexibility index (Phi) is 15.0. The summed E-state index contributed by atoms with van der Waals surface area (Å²) < 4.78 is 13.8. The number of amides is 1. The molecule has 0 fully saturated rings. The van der Waals surface area contributed by atoms with Crippen LogP contribution in [0.3, 0.4) is 0 Å². The molecule has 5 heteroatoms. The first-order valence-corrected chi connectivity index (χ1v) is 16.1. The van der Waals surface area contributed by atoms with Crippen LogP contribution in [0.25, 0.3) is 0 Å². The molecule has 228 valence electrons. The third-order valence-electron chi connectivity index (χ3n) is 7.69. The van der Waals surface area contributed by atoms with Gasteiger partial charge in [-0.25, -0.2) is 4.57 Å². The lowest BCUT2D eigenvalue weighted by molar-refractivity contribution is -0.688. The van der Waals surface area contributed by atoms with Crippen molar-refractivity contribution < 1.29 is 18.8 Å². The van der Waals surface area contributed by atoms with E-state index in [0.29, 0.717) is 18.9 Å². The van der Waals surface area contributed by atoms with Crippen molar-refractivity contribution in [1.29, 1.82) is 0 Å². The lowest BCUT2D eigenvalue weighted by Crippen LogP contribution is -2.34. The summed E-state index contributed by atoms with van der Waals surface area (Å²) in [6.07, 6.45) is 20.4. The van der Waals surface area contributed by atoms with Gasteiger partial charge in [0.05, 0.1) is 25.8 Å². The first kappa shape index (κ1) is 33.2. The van der Waals surface area contributed by atoms with Crippen LogP contribution in [0.15, 0.2) is 60.9 Å². The Labute approximate surface area is 254 Å². The molecular formula is C37H53N2O3+. The topological polar surface area (TPSA) is 51.4 Å². The van der Waals surface area contributed by atoms with Gasteiger partial charge in [-0.15, -0.1) is 0 Å². The van der Waals surface area contributed by atoms with E-state index in [1.54, 1.807) is 7.11 Å². The van der Waals surface area contributed by atoms with Crippen LogP contribution >= 0.6 is 0 Å². The van der Waals surface area contributed by atoms with Crippen LogP contribution < -0.4 is 19.4 Å². The third-order valence-corrected chi connectivity index (χ3v) is 7.69. The van der Waals surface area contributed by atoms with Crippen LogP contribution in [0, 0.1) is 13.8 Å². The SMILES string of the molecule is CCCCCCCCCCCCCCOc1ccc(CC(=O)Nc2ccccc2C[n+]2cc(C)cc(C)c2)cc1OC. The summed E-state index contributed by atoms with van der Waals surface area (Å²) in [6, 6.07) is 15.9. The minimum absolute atomic E-state index is 0.0555. The van der Waals surface area contributed by atoms with Gasteiger partial charge < -0.3 is 14.8 Å². The Balaban J connectivity index is 1.40. The third kappa shape index (κ3) is 12.3. The van der Waals surface area contributed by atoms with Gasteiger partial charge >= 0.3 is 0 Å². The number of nitrogens with one attached hydrogen (secondary N) is 1. The minimum Gasteiger partial charge on any atom is -0.493 e. The molecule has 1 amide bonds. The van der Waals surface area contributed by atoms with Crippen molar-refractivity contribution in [3.05, 3.63) is 83.2 Å². The van der Waals surface area contributed by atoms with Crippen LogP contribution in [-0.4, -0.2) is 19.6 Å². The van der Waals surface area contributed by atoms with Crippen molar-refractivity contribution in [2.24, 2.45) is 0 Å². The molecular weight excluding hydrogens is 520 g/mol. The van der Waals surface area contributed by atoms with Gasteiger partial charge in [-0.2, -0.15) is 0 Å². The van der Waals surface area contributed by atoms with Gasteiger partial charge in [0.1, 0.15) is 0 Å². The molecule has 1 heterocycles. The number of para-hydroxylation sites is 1. The number of hydrogen-bond donors (Lipinski definition) is 1. The summed E-state index contributed by atoms with van der Waals surface area (Å²) in [4.78, 5) is 13.0. The minimum atomic E-state index is -0.0555. The number of rotatable bonds is 20. The smallest absolute Gasteiger partial charge is 0.228 e. The predicted octanol–water partition coefficient (Wildman–Crippen LogP) is 8.91. The second-order valence-electron chi connectivity index (χ2n) is 11.7. The summed E-state index contributed by atoms with van der Waals surface area (Å²) in [7, 11) is 1.65. The summed E-state index contributed by atoms with van der Waals surface area (Å²) in [5.74, 6) is 1.35. The summed E-state index contributed by atoms with van der Waals surface area (Å²) >= 11 is 0. The van der Waals surface area contributed by atoms with E-state index in [9.17, 15) is 4.79 Å². The molecule has 42 heavy (non-hydrogen) atoms. The molecule has 0 bridgehead atoms.